The van der Waals surface area contributed by atoms with E-state index in [2.05, 4.69) is 29.6 Å². The Bertz CT molecular complexity index is 844. The van der Waals surface area contributed by atoms with Crippen molar-refractivity contribution in [3.8, 4) is 5.75 Å². The second-order valence-electron chi connectivity index (χ2n) is 7.68. The molecule has 1 aliphatic carbocycles. The molecule has 2 amide bonds. The van der Waals surface area contributed by atoms with Gasteiger partial charge in [-0.05, 0) is 30.5 Å². The van der Waals surface area contributed by atoms with Crippen LogP contribution in [0.3, 0.4) is 0 Å². The fraction of sp³-hybridized carbons (Fsp3) is 0.391. The summed E-state index contributed by atoms with van der Waals surface area (Å²) in [5.41, 5.74) is 1.96. The maximum Gasteiger partial charge on any atom is 0.240 e. The third kappa shape index (κ3) is 3.75. The number of hydrogen-bond donors (Lipinski definition) is 1. The van der Waals surface area contributed by atoms with Crippen LogP contribution >= 0.6 is 0 Å². The Hall–Kier alpha value is -2.82. The van der Waals surface area contributed by atoms with Crippen LogP contribution in [0.5, 0.6) is 5.75 Å². The molecule has 1 aliphatic heterocycles. The number of carbonyl (C=O) groups excluding carboxylic acids is 2. The number of hydrogen-bond acceptors (Lipinski definition) is 3. The van der Waals surface area contributed by atoms with Crippen molar-refractivity contribution < 1.29 is 14.3 Å². The molecule has 1 saturated carbocycles. The molecule has 0 saturated heterocycles. The first-order chi connectivity index (χ1) is 13.7. The van der Waals surface area contributed by atoms with E-state index >= 15 is 0 Å². The van der Waals surface area contributed by atoms with Crippen LogP contribution in [-0.2, 0) is 15.0 Å². The second-order valence-corrected chi connectivity index (χ2v) is 7.68. The molecule has 5 heteroatoms. The van der Waals surface area contributed by atoms with E-state index in [-0.39, 0.29) is 30.2 Å². The molecule has 0 radical (unpaired) electrons. The first-order valence-electron chi connectivity index (χ1n) is 10.0. The highest BCUT2D eigenvalue weighted by Crippen LogP contribution is 2.40. The minimum absolute atomic E-state index is 0.000729. The van der Waals surface area contributed by atoms with Gasteiger partial charge in [-0.15, -0.1) is 0 Å². The lowest BCUT2D eigenvalue weighted by molar-refractivity contribution is -0.124. The lowest BCUT2D eigenvalue weighted by atomic mass is 9.79. The van der Waals surface area contributed by atoms with Gasteiger partial charge in [-0.1, -0.05) is 55.3 Å². The Morgan fingerprint density at radius 3 is 2.54 bits per heavy atom. The number of fused-ring (bicyclic) bond motifs is 1. The minimum Gasteiger partial charge on any atom is -0.491 e. The van der Waals surface area contributed by atoms with Gasteiger partial charge in [-0.3, -0.25) is 14.5 Å². The van der Waals surface area contributed by atoms with Crippen LogP contribution in [0.25, 0.3) is 0 Å². The van der Waals surface area contributed by atoms with Crippen LogP contribution in [0, 0.1) is 0 Å². The van der Waals surface area contributed by atoms with Crippen molar-refractivity contribution in [2.24, 2.45) is 0 Å². The Morgan fingerprint density at radius 2 is 1.75 bits per heavy atom. The number of carbonyl (C=O) groups is 2. The summed E-state index contributed by atoms with van der Waals surface area (Å²) in [6.07, 6.45) is 4.79. The highest BCUT2D eigenvalue weighted by molar-refractivity contribution is 6.00. The number of nitrogens with zero attached hydrogens (tertiary/aromatic N) is 1. The van der Waals surface area contributed by atoms with E-state index in [4.69, 9.17) is 4.74 Å². The normalized spacial score (nSPS) is 18.1. The van der Waals surface area contributed by atoms with Gasteiger partial charge in [0.15, 0.2) is 0 Å². The van der Waals surface area contributed by atoms with Gasteiger partial charge in [-0.25, -0.2) is 0 Å². The van der Waals surface area contributed by atoms with E-state index < -0.39 is 0 Å². The molecule has 0 bridgehead atoms. The zero-order valence-corrected chi connectivity index (χ0v) is 16.0. The van der Waals surface area contributed by atoms with Crippen molar-refractivity contribution >= 4 is 17.5 Å². The predicted octanol–water partition coefficient (Wildman–Crippen LogP) is 3.43. The minimum atomic E-state index is -0.132. The largest absolute Gasteiger partial charge is 0.491 e. The summed E-state index contributed by atoms with van der Waals surface area (Å²) >= 11 is 0. The predicted molar refractivity (Wildman–Crippen MR) is 109 cm³/mol. The molecular weight excluding hydrogens is 352 g/mol. The molecule has 2 aliphatic rings. The number of ether oxygens (including phenoxy) is 1. The van der Waals surface area contributed by atoms with E-state index in [0.717, 1.165) is 12.8 Å². The van der Waals surface area contributed by atoms with Crippen molar-refractivity contribution in [2.45, 2.75) is 37.5 Å². The summed E-state index contributed by atoms with van der Waals surface area (Å²) < 4.78 is 5.65. The standard InChI is InChI=1S/C23H26N2O3/c26-21(16-25-19-10-4-5-11-20(19)28-15-12-22(25)27)24-17-23(13-6-7-14-23)18-8-2-1-3-9-18/h1-5,8-11H,6-7,12-17H2,(H,24,26). The molecule has 5 nitrogen and oxygen atoms in total. The van der Waals surface area contributed by atoms with Crippen molar-refractivity contribution in [3.63, 3.8) is 0 Å². The number of nitrogens with one attached hydrogen (secondary N) is 1. The summed E-state index contributed by atoms with van der Waals surface area (Å²) in [5, 5.41) is 3.11. The second kappa shape index (κ2) is 8.05. The molecule has 2 aromatic carbocycles. The summed E-state index contributed by atoms with van der Waals surface area (Å²) in [6.45, 7) is 0.963. The van der Waals surface area contributed by atoms with Gasteiger partial charge in [0, 0.05) is 12.0 Å². The molecule has 1 N–H and O–H groups in total. The SMILES string of the molecule is O=C(CN1C(=O)CCOc2ccccc21)NCC1(c2ccccc2)CCCC1. The van der Waals surface area contributed by atoms with E-state index in [1.807, 2.05) is 30.3 Å². The third-order valence-electron chi connectivity index (χ3n) is 5.90. The average molecular weight is 378 g/mol. The molecule has 1 fully saturated rings. The van der Waals surface area contributed by atoms with E-state index in [1.54, 1.807) is 4.90 Å². The first kappa shape index (κ1) is 18.5. The van der Waals surface area contributed by atoms with Gasteiger partial charge in [0.2, 0.25) is 11.8 Å². The molecule has 0 atom stereocenters. The fourth-order valence-electron chi connectivity index (χ4n) is 4.37. The molecular formula is C23H26N2O3. The molecule has 2 aromatic rings. The highest BCUT2D eigenvalue weighted by atomic mass is 16.5. The summed E-state index contributed by atoms with van der Waals surface area (Å²) in [6, 6.07) is 17.8. The van der Waals surface area contributed by atoms with Crippen LogP contribution in [-0.4, -0.2) is 31.5 Å². The average Bonchev–Trinajstić information content (AvgIpc) is 3.16. The van der Waals surface area contributed by atoms with E-state index in [1.165, 1.54) is 18.4 Å². The monoisotopic (exact) mass is 378 g/mol. The van der Waals surface area contributed by atoms with Gasteiger partial charge < -0.3 is 10.1 Å². The molecule has 28 heavy (non-hydrogen) atoms. The molecule has 1 heterocycles. The van der Waals surface area contributed by atoms with Crippen LogP contribution < -0.4 is 15.0 Å². The number of benzene rings is 2. The molecule has 0 aromatic heterocycles. The summed E-state index contributed by atoms with van der Waals surface area (Å²) in [7, 11) is 0. The zero-order chi connectivity index (χ0) is 19.4. The van der Waals surface area contributed by atoms with Crippen molar-refractivity contribution in [2.75, 3.05) is 24.6 Å². The molecule has 0 unspecified atom stereocenters. The van der Waals surface area contributed by atoms with Gasteiger partial charge in [0.1, 0.15) is 12.3 Å². The van der Waals surface area contributed by atoms with Crippen LogP contribution in [0.2, 0.25) is 0 Å². The van der Waals surface area contributed by atoms with Gasteiger partial charge >= 0.3 is 0 Å². The van der Waals surface area contributed by atoms with Crippen LogP contribution in [0.15, 0.2) is 54.6 Å². The fourth-order valence-corrected chi connectivity index (χ4v) is 4.37. The Morgan fingerprint density at radius 1 is 1.04 bits per heavy atom. The Balaban J connectivity index is 1.46. The van der Waals surface area contributed by atoms with E-state index in [9.17, 15) is 9.59 Å². The smallest absolute Gasteiger partial charge is 0.240 e. The van der Waals surface area contributed by atoms with Crippen molar-refractivity contribution in [1.29, 1.82) is 0 Å². The van der Waals surface area contributed by atoms with Gasteiger partial charge in [0.05, 0.1) is 18.7 Å². The van der Waals surface area contributed by atoms with E-state index in [0.29, 0.717) is 24.6 Å². The quantitative estimate of drug-likeness (QED) is 0.867. The lowest BCUT2D eigenvalue weighted by Gasteiger charge is -2.30. The van der Waals surface area contributed by atoms with Crippen molar-refractivity contribution in [3.05, 3.63) is 60.2 Å². The Kier molecular flexibility index (Phi) is 5.33. The number of para-hydroxylation sites is 2. The molecule has 4 rings (SSSR count). The maximum absolute atomic E-state index is 12.8. The Labute approximate surface area is 165 Å². The first-order valence-corrected chi connectivity index (χ1v) is 10.0. The summed E-state index contributed by atoms with van der Waals surface area (Å²) in [4.78, 5) is 26.8. The van der Waals surface area contributed by atoms with Gasteiger partial charge in [0.25, 0.3) is 0 Å². The third-order valence-corrected chi connectivity index (χ3v) is 5.90. The van der Waals surface area contributed by atoms with Crippen molar-refractivity contribution in [1.82, 2.24) is 5.32 Å². The van der Waals surface area contributed by atoms with Crippen LogP contribution in [0.4, 0.5) is 5.69 Å². The highest BCUT2D eigenvalue weighted by Gasteiger charge is 2.36. The summed E-state index contributed by atoms with van der Waals surface area (Å²) in [5.74, 6) is 0.434. The molecule has 0 spiro atoms. The topological polar surface area (TPSA) is 58.6 Å². The van der Waals surface area contributed by atoms with Gasteiger partial charge in [-0.2, -0.15) is 0 Å². The zero-order valence-electron chi connectivity index (χ0n) is 16.0. The number of rotatable bonds is 5. The maximum atomic E-state index is 12.8. The number of anilines is 1. The molecule has 146 valence electrons. The number of amides is 2. The lowest BCUT2D eigenvalue weighted by Crippen LogP contribution is -2.45. The van der Waals surface area contributed by atoms with Crippen LogP contribution in [0.1, 0.15) is 37.7 Å².